The summed E-state index contributed by atoms with van der Waals surface area (Å²) in [7, 11) is 0. The molecule has 5 nitrogen and oxygen atoms in total. The molecule has 3 aromatic rings. The fourth-order valence-electron chi connectivity index (χ4n) is 1.58. The van der Waals surface area contributed by atoms with Crippen LogP contribution in [0.4, 0.5) is 5.82 Å². The van der Waals surface area contributed by atoms with E-state index in [1.54, 1.807) is 11.3 Å². The number of thiophene rings is 1. The molecule has 0 radical (unpaired) electrons. The molecule has 6 heteroatoms. The molecule has 0 bridgehead atoms. The van der Waals surface area contributed by atoms with Crippen LogP contribution >= 0.6 is 11.3 Å². The van der Waals surface area contributed by atoms with Crippen LogP contribution in [0, 0.1) is 11.3 Å². The van der Waals surface area contributed by atoms with Crippen LogP contribution in [0.25, 0.3) is 16.2 Å². The summed E-state index contributed by atoms with van der Waals surface area (Å²) in [4.78, 5) is 5.20. The van der Waals surface area contributed by atoms with Gasteiger partial charge >= 0.3 is 0 Å². The molecule has 0 atom stereocenters. The van der Waals surface area contributed by atoms with E-state index in [2.05, 4.69) is 10.1 Å². The van der Waals surface area contributed by atoms with Gasteiger partial charge in [0.15, 0.2) is 5.65 Å². The topological polar surface area (TPSA) is 80.0 Å². The summed E-state index contributed by atoms with van der Waals surface area (Å²) in [5.74, 6) is 0.320. The smallest absolute Gasteiger partial charge is 0.158 e. The molecule has 3 heterocycles. The fraction of sp³-hybridized carbons (Fsp3) is 0. The molecule has 0 amide bonds. The van der Waals surface area contributed by atoms with Gasteiger partial charge in [-0.1, -0.05) is 6.07 Å². The summed E-state index contributed by atoms with van der Waals surface area (Å²) in [6.45, 7) is 0. The Morgan fingerprint density at radius 3 is 3.06 bits per heavy atom. The molecule has 2 N–H and O–H groups in total. The van der Waals surface area contributed by atoms with E-state index in [0.717, 1.165) is 10.6 Å². The van der Waals surface area contributed by atoms with Gasteiger partial charge in [-0.2, -0.15) is 14.9 Å². The third-order valence-electron chi connectivity index (χ3n) is 2.41. The number of anilines is 1. The van der Waals surface area contributed by atoms with Crippen molar-refractivity contribution in [2.45, 2.75) is 0 Å². The van der Waals surface area contributed by atoms with Crippen molar-refractivity contribution >= 4 is 22.8 Å². The summed E-state index contributed by atoms with van der Waals surface area (Å²) in [5.41, 5.74) is 7.63. The second kappa shape index (κ2) is 3.57. The molecule has 3 aromatic heterocycles. The maximum Gasteiger partial charge on any atom is 0.158 e. The Hall–Kier alpha value is -2.39. The van der Waals surface area contributed by atoms with Gasteiger partial charge in [0.25, 0.3) is 0 Å². The van der Waals surface area contributed by atoms with Crippen molar-refractivity contribution in [2.24, 2.45) is 0 Å². The number of fused-ring (bicyclic) bond motifs is 1. The van der Waals surface area contributed by atoms with E-state index in [1.165, 1.54) is 10.7 Å². The Morgan fingerprint density at radius 2 is 2.35 bits per heavy atom. The van der Waals surface area contributed by atoms with Gasteiger partial charge in [0.2, 0.25) is 0 Å². The maximum atomic E-state index is 8.86. The zero-order valence-electron chi connectivity index (χ0n) is 8.66. The number of rotatable bonds is 1. The summed E-state index contributed by atoms with van der Waals surface area (Å²) >= 11 is 1.60. The van der Waals surface area contributed by atoms with E-state index in [4.69, 9.17) is 11.0 Å². The molecule has 0 aliphatic rings. The SMILES string of the molecule is N#Cc1cnc2cc(-c3cccs3)nn2c1N. The molecule has 82 valence electrons. The van der Waals surface area contributed by atoms with Crippen molar-refractivity contribution in [3.63, 3.8) is 0 Å². The lowest BCUT2D eigenvalue weighted by molar-refractivity contribution is 0.953. The summed E-state index contributed by atoms with van der Waals surface area (Å²) in [6.07, 6.45) is 1.46. The van der Waals surface area contributed by atoms with Gasteiger partial charge in [-0.3, -0.25) is 0 Å². The van der Waals surface area contributed by atoms with Gasteiger partial charge in [-0.05, 0) is 11.4 Å². The Bertz CT molecular complexity index is 720. The minimum atomic E-state index is 0.320. The molecule has 0 saturated heterocycles. The highest BCUT2D eigenvalue weighted by molar-refractivity contribution is 7.13. The number of nitrogens with two attached hydrogens (primary N) is 1. The first-order chi connectivity index (χ1) is 8.29. The van der Waals surface area contributed by atoms with Crippen LogP contribution < -0.4 is 5.73 Å². The Balaban J connectivity index is 2.27. The van der Waals surface area contributed by atoms with Gasteiger partial charge in [-0.15, -0.1) is 11.3 Å². The number of aromatic nitrogens is 3. The van der Waals surface area contributed by atoms with Crippen LogP contribution in [0.15, 0.2) is 29.8 Å². The van der Waals surface area contributed by atoms with E-state index in [9.17, 15) is 0 Å². The first-order valence-corrected chi connectivity index (χ1v) is 5.76. The largest absolute Gasteiger partial charge is 0.382 e. The maximum absolute atomic E-state index is 8.86. The third-order valence-corrected chi connectivity index (χ3v) is 3.31. The van der Waals surface area contributed by atoms with Gasteiger partial charge in [-0.25, -0.2) is 4.98 Å². The lowest BCUT2D eigenvalue weighted by atomic mass is 10.3. The normalized spacial score (nSPS) is 10.5. The molecule has 17 heavy (non-hydrogen) atoms. The van der Waals surface area contributed by atoms with E-state index in [1.807, 2.05) is 29.6 Å². The standard InChI is InChI=1S/C11H7N5S/c12-5-7-6-14-10-4-8(9-2-1-3-17-9)15-16(10)11(7)13/h1-4,6H,13H2. The molecule has 0 fully saturated rings. The van der Waals surface area contributed by atoms with Gasteiger partial charge in [0, 0.05) is 6.07 Å². The number of hydrogen-bond donors (Lipinski definition) is 1. The first kappa shape index (κ1) is 9.81. The molecule has 3 rings (SSSR count). The van der Waals surface area contributed by atoms with Crippen LogP contribution in [0.2, 0.25) is 0 Å². The summed E-state index contributed by atoms with van der Waals surface area (Å²) < 4.78 is 1.49. The average Bonchev–Trinajstić information content (AvgIpc) is 2.98. The zero-order valence-corrected chi connectivity index (χ0v) is 9.48. The lowest BCUT2D eigenvalue weighted by Gasteiger charge is -1.98. The highest BCUT2D eigenvalue weighted by Crippen LogP contribution is 2.25. The quantitative estimate of drug-likeness (QED) is 0.705. The molecule has 0 aromatic carbocycles. The number of nitriles is 1. The molecule has 0 aliphatic carbocycles. The number of hydrogen-bond acceptors (Lipinski definition) is 5. The van der Waals surface area contributed by atoms with Crippen molar-refractivity contribution in [1.29, 1.82) is 5.26 Å². The van der Waals surface area contributed by atoms with Crippen molar-refractivity contribution in [3.05, 3.63) is 35.3 Å². The van der Waals surface area contributed by atoms with Gasteiger partial charge in [0.05, 0.1) is 11.1 Å². The van der Waals surface area contributed by atoms with E-state index in [-0.39, 0.29) is 0 Å². The van der Waals surface area contributed by atoms with Crippen molar-refractivity contribution in [2.75, 3.05) is 5.73 Å². The highest BCUT2D eigenvalue weighted by Gasteiger charge is 2.10. The van der Waals surface area contributed by atoms with E-state index in [0.29, 0.717) is 17.0 Å². The minimum absolute atomic E-state index is 0.320. The van der Waals surface area contributed by atoms with Crippen molar-refractivity contribution in [1.82, 2.24) is 14.6 Å². The van der Waals surface area contributed by atoms with Crippen LogP contribution in [-0.4, -0.2) is 14.6 Å². The Labute approximate surface area is 101 Å². The molecule has 0 saturated carbocycles. The average molecular weight is 241 g/mol. The Kier molecular flexibility index (Phi) is 2.06. The fourth-order valence-corrected chi connectivity index (χ4v) is 2.26. The second-order valence-electron chi connectivity index (χ2n) is 3.45. The van der Waals surface area contributed by atoms with E-state index < -0.39 is 0 Å². The predicted octanol–water partition coefficient (Wildman–Crippen LogP) is 1.91. The molecule has 0 spiro atoms. The minimum Gasteiger partial charge on any atom is -0.382 e. The third kappa shape index (κ3) is 1.45. The summed E-state index contributed by atoms with van der Waals surface area (Å²) in [5, 5.41) is 15.2. The lowest BCUT2D eigenvalue weighted by Crippen LogP contribution is -2.02. The van der Waals surface area contributed by atoms with Crippen molar-refractivity contribution < 1.29 is 0 Å². The molecule has 0 unspecified atom stereocenters. The second-order valence-corrected chi connectivity index (χ2v) is 4.39. The van der Waals surface area contributed by atoms with Crippen LogP contribution in [0.5, 0.6) is 0 Å². The highest BCUT2D eigenvalue weighted by atomic mass is 32.1. The van der Waals surface area contributed by atoms with Gasteiger partial charge in [0.1, 0.15) is 23.1 Å². The number of nitrogen functional groups attached to an aromatic ring is 1. The molecular weight excluding hydrogens is 234 g/mol. The van der Waals surface area contributed by atoms with Crippen LogP contribution in [0.1, 0.15) is 5.56 Å². The van der Waals surface area contributed by atoms with Gasteiger partial charge < -0.3 is 5.73 Å². The first-order valence-electron chi connectivity index (χ1n) is 4.88. The predicted molar refractivity (Wildman–Crippen MR) is 65.4 cm³/mol. The zero-order chi connectivity index (χ0) is 11.8. The monoisotopic (exact) mass is 241 g/mol. The molecule has 0 aliphatic heterocycles. The number of nitrogens with zero attached hydrogens (tertiary/aromatic N) is 4. The Morgan fingerprint density at radius 1 is 1.47 bits per heavy atom. The van der Waals surface area contributed by atoms with E-state index >= 15 is 0 Å². The van der Waals surface area contributed by atoms with Crippen LogP contribution in [-0.2, 0) is 0 Å². The van der Waals surface area contributed by atoms with Crippen LogP contribution in [0.3, 0.4) is 0 Å². The molecular formula is C11H7N5S. The van der Waals surface area contributed by atoms with Crippen molar-refractivity contribution in [3.8, 4) is 16.6 Å². The summed E-state index contributed by atoms with van der Waals surface area (Å²) in [6, 6.07) is 7.78.